The van der Waals surface area contributed by atoms with Gasteiger partial charge >= 0.3 is 5.69 Å². The molecule has 1 fully saturated rings. The summed E-state index contributed by atoms with van der Waals surface area (Å²) >= 11 is 0. The van der Waals surface area contributed by atoms with E-state index in [1.54, 1.807) is 6.92 Å². The van der Waals surface area contributed by atoms with E-state index in [2.05, 4.69) is 10.3 Å². The number of nitrogens with one attached hydrogen (secondary N) is 2. The minimum absolute atomic E-state index is 0.170. The molecule has 1 saturated heterocycles. The molecule has 1 aliphatic rings. The average Bonchev–Trinajstić information content (AvgIpc) is 2.85. The van der Waals surface area contributed by atoms with Crippen LogP contribution < -0.4 is 22.3 Å². The highest BCUT2D eigenvalue weighted by Gasteiger charge is 2.37. The van der Waals surface area contributed by atoms with Crippen molar-refractivity contribution in [3.63, 3.8) is 0 Å². The van der Waals surface area contributed by atoms with E-state index in [0.717, 1.165) is 0 Å². The molecule has 0 aromatic carbocycles. The van der Waals surface area contributed by atoms with Gasteiger partial charge in [-0.2, -0.15) is 0 Å². The van der Waals surface area contributed by atoms with Crippen molar-refractivity contribution in [1.82, 2.24) is 14.9 Å². The number of nitrogens with two attached hydrogens (primary N) is 1. The van der Waals surface area contributed by atoms with E-state index in [0.29, 0.717) is 12.0 Å². The number of hydrogen-bond acceptors (Lipinski definition) is 6. The molecule has 9 nitrogen and oxygen atoms in total. The molecule has 9 heteroatoms. The molecule has 0 aliphatic carbocycles. The third-order valence-electron chi connectivity index (χ3n) is 3.40. The summed E-state index contributed by atoms with van der Waals surface area (Å²) in [4.78, 5) is 36.7. The fourth-order valence-electron chi connectivity index (χ4n) is 2.29. The zero-order valence-electron chi connectivity index (χ0n) is 11.5. The number of aliphatic hydroxyl groups excluding tert-OH is 1. The summed E-state index contributed by atoms with van der Waals surface area (Å²) in [5.41, 5.74) is 4.55. The van der Waals surface area contributed by atoms with Gasteiger partial charge in [0.05, 0.1) is 19.2 Å². The van der Waals surface area contributed by atoms with Gasteiger partial charge in [0.25, 0.3) is 5.56 Å². The molecule has 21 heavy (non-hydrogen) atoms. The Hall–Kier alpha value is -1.97. The maximum absolute atomic E-state index is 11.8. The smallest absolute Gasteiger partial charge is 0.330 e. The second-order valence-corrected chi connectivity index (χ2v) is 4.90. The molecule has 2 heterocycles. The number of ether oxygens (including phenoxy) is 1. The standard InChI is InChI=1S/C12H18N4O5/c1-6-4-16(12(20)15-11(6)19)10-2-7(8(5-17)21-10)14-9(18)3-13/h4,7-8,10,17H,2-3,5,13H2,1H3,(H,14,18)(H,15,19,20)/t7-,8+,10+/m0/s1. The van der Waals surface area contributed by atoms with Crippen molar-refractivity contribution >= 4 is 5.91 Å². The molecule has 1 aromatic heterocycles. The van der Waals surface area contributed by atoms with Crippen LogP contribution in [0, 0.1) is 6.92 Å². The van der Waals surface area contributed by atoms with Crippen LogP contribution in [-0.4, -0.2) is 45.9 Å². The van der Waals surface area contributed by atoms with Gasteiger partial charge in [-0.15, -0.1) is 0 Å². The first kappa shape index (κ1) is 15.4. The SMILES string of the molecule is Cc1cn([C@H]2C[C@H](NC(=O)CN)[C@@H](CO)O2)c(=O)[nH]c1=O. The Kier molecular flexibility index (Phi) is 4.56. The van der Waals surface area contributed by atoms with Gasteiger partial charge in [0, 0.05) is 18.2 Å². The van der Waals surface area contributed by atoms with E-state index in [1.165, 1.54) is 10.8 Å². The lowest BCUT2D eigenvalue weighted by atomic mass is 10.1. The summed E-state index contributed by atoms with van der Waals surface area (Å²) in [6.45, 7) is 1.10. The maximum atomic E-state index is 11.8. The highest BCUT2D eigenvalue weighted by Crippen LogP contribution is 2.27. The Morgan fingerprint density at radius 3 is 2.95 bits per heavy atom. The molecule has 1 amide bonds. The summed E-state index contributed by atoms with van der Waals surface area (Å²) in [5.74, 6) is -0.368. The largest absolute Gasteiger partial charge is 0.394 e. The van der Waals surface area contributed by atoms with Crippen LogP contribution in [0.5, 0.6) is 0 Å². The summed E-state index contributed by atoms with van der Waals surface area (Å²) in [7, 11) is 0. The third-order valence-corrected chi connectivity index (χ3v) is 3.40. The van der Waals surface area contributed by atoms with Crippen molar-refractivity contribution in [2.75, 3.05) is 13.2 Å². The molecule has 3 atom stereocenters. The van der Waals surface area contributed by atoms with E-state index < -0.39 is 29.6 Å². The number of aliphatic hydroxyl groups is 1. The van der Waals surface area contributed by atoms with Gasteiger partial charge in [-0.3, -0.25) is 19.1 Å². The highest BCUT2D eigenvalue weighted by molar-refractivity contribution is 5.78. The zero-order chi connectivity index (χ0) is 15.6. The molecule has 2 rings (SSSR count). The number of H-pyrrole nitrogens is 1. The number of carbonyl (C=O) groups is 1. The quantitative estimate of drug-likeness (QED) is 0.487. The lowest BCUT2D eigenvalue weighted by molar-refractivity contribution is -0.121. The monoisotopic (exact) mass is 298 g/mol. The number of carbonyl (C=O) groups excluding carboxylic acids is 1. The van der Waals surface area contributed by atoms with Crippen molar-refractivity contribution in [2.45, 2.75) is 31.7 Å². The van der Waals surface area contributed by atoms with Gasteiger partial charge in [-0.05, 0) is 6.92 Å². The number of amides is 1. The van der Waals surface area contributed by atoms with Crippen molar-refractivity contribution in [1.29, 1.82) is 0 Å². The van der Waals surface area contributed by atoms with Crippen molar-refractivity contribution in [3.8, 4) is 0 Å². The number of aromatic nitrogens is 2. The first-order valence-corrected chi connectivity index (χ1v) is 6.54. The second-order valence-electron chi connectivity index (χ2n) is 4.90. The summed E-state index contributed by atoms with van der Waals surface area (Å²) in [6.07, 6.45) is 0.383. The number of aromatic amines is 1. The van der Waals surface area contributed by atoms with Gasteiger partial charge in [0.15, 0.2) is 0 Å². The molecule has 5 N–H and O–H groups in total. The van der Waals surface area contributed by atoms with Crippen LogP contribution in [0.1, 0.15) is 18.2 Å². The average molecular weight is 298 g/mol. The number of nitrogens with zero attached hydrogens (tertiary/aromatic N) is 1. The van der Waals surface area contributed by atoms with Gasteiger partial charge in [0.2, 0.25) is 5.91 Å². The molecule has 0 spiro atoms. The van der Waals surface area contributed by atoms with Crippen LogP contribution in [-0.2, 0) is 9.53 Å². The predicted octanol–water partition coefficient (Wildman–Crippen LogP) is -2.43. The van der Waals surface area contributed by atoms with Gasteiger partial charge in [-0.1, -0.05) is 0 Å². The first-order valence-electron chi connectivity index (χ1n) is 6.54. The maximum Gasteiger partial charge on any atom is 0.330 e. The lowest BCUT2D eigenvalue weighted by Gasteiger charge is -2.16. The Morgan fingerprint density at radius 1 is 1.62 bits per heavy atom. The van der Waals surface area contributed by atoms with Crippen LogP contribution in [0.3, 0.4) is 0 Å². The van der Waals surface area contributed by atoms with Crippen molar-refractivity contribution in [3.05, 3.63) is 32.6 Å². The van der Waals surface area contributed by atoms with E-state index in [1.807, 2.05) is 0 Å². The number of rotatable bonds is 4. The lowest BCUT2D eigenvalue weighted by Crippen LogP contribution is -2.44. The molecular formula is C12H18N4O5. The Balaban J connectivity index is 2.23. The Morgan fingerprint density at radius 2 is 2.33 bits per heavy atom. The summed E-state index contributed by atoms with van der Waals surface area (Å²) in [6, 6.07) is -0.449. The molecular weight excluding hydrogens is 280 g/mol. The molecule has 0 saturated carbocycles. The molecule has 0 unspecified atom stereocenters. The van der Waals surface area contributed by atoms with Crippen LogP contribution in [0.15, 0.2) is 15.8 Å². The van der Waals surface area contributed by atoms with E-state index in [-0.39, 0.29) is 19.1 Å². The van der Waals surface area contributed by atoms with E-state index in [4.69, 9.17) is 10.5 Å². The van der Waals surface area contributed by atoms with Crippen molar-refractivity contribution in [2.24, 2.45) is 5.73 Å². The minimum atomic E-state index is -0.673. The fraction of sp³-hybridized carbons (Fsp3) is 0.583. The first-order chi connectivity index (χ1) is 9.96. The summed E-state index contributed by atoms with van der Waals surface area (Å²) in [5, 5.41) is 11.9. The highest BCUT2D eigenvalue weighted by atomic mass is 16.5. The minimum Gasteiger partial charge on any atom is -0.394 e. The Bertz CT molecular complexity index is 637. The van der Waals surface area contributed by atoms with Crippen LogP contribution in [0.2, 0.25) is 0 Å². The summed E-state index contributed by atoms with van der Waals surface area (Å²) < 4.78 is 6.81. The molecule has 1 aromatic rings. The fourth-order valence-corrected chi connectivity index (χ4v) is 2.29. The van der Waals surface area contributed by atoms with E-state index >= 15 is 0 Å². The molecule has 116 valence electrons. The van der Waals surface area contributed by atoms with E-state index in [9.17, 15) is 19.5 Å². The van der Waals surface area contributed by atoms with Gasteiger partial charge in [0.1, 0.15) is 12.3 Å². The third kappa shape index (κ3) is 3.20. The second kappa shape index (κ2) is 6.20. The molecule has 1 aliphatic heterocycles. The molecule has 0 bridgehead atoms. The van der Waals surface area contributed by atoms with Gasteiger partial charge < -0.3 is 20.9 Å². The van der Waals surface area contributed by atoms with Crippen LogP contribution in [0.25, 0.3) is 0 Å². The van der Waals surface area contributed by atoms with Crippen LogP contribution in [0.4, 0.5) is 0 Å². The Labute approximate surface area is 119 Å². The normalized spacial score (nSPS) is 25.0. The van der Waals surface area contributed by atoms with Crippen LogP contribution >= 0.6 is 0 Å². The number of aryl methyl sites for hydroxylation is 1. The topological polar surface area (TPSA) is 139 Å². The predicted molar refractivity (Wildman–Crippen MR) is 72.7 cm³/mol. The number of hydrogen-bond donors (Lipinski definition) is 4. The van der Waals surface area contributed by atoms with Gasteiger partial charge in [-0.25, -0.2) is 4.79 Å². The molecule has 0 radical (unpaired) electrons. The van der Waals surface area contributed by atoms with Crippen molar-refractivity contribution < 1.29 is 14.6 Å². The zero-order valence-corrected chi connectivity index (χ0v) is 11.5.